The molecule has 27 heavy (non-hydrogen) atoms. The molecule has 0 unspecified atom stereocenters. The van der Waals surface area contributed by atoms with Crippen LogP contribution in [0.15, 0.2) is 66.3 Å². The van der Waals surface area contributed by atoms with Crippen molar-refractivity contribution < 1.29 is 4.79 Å². The third-order valence-corrected chi connectivity index (χ3v) is 5.22. The molecule has 1 aromatic carbocycles. The molecule has 5 nitrogen and oxygen atoms in total. The molecule has 0 aliphatic heterocycles. The van der Waals surface area contributed by atoms with Gasteiger partial charge in [0.25, 0.3) is 0 Å². The summed E-state index contributed by atoms with van der Waals surface area (Å²) in [5.74, 6) is 0.517. The van der Waals surface area contributed by atoms with Crippen LogP contribution in [-0.2, 0) is 17.6 Å². The van der Waals surface area contributed by atoms with Gasteiger partial charge >= 0.3 is 0 Å². The lowest BCUT2D eigenvalue weighted by Crippen LogP contribution is -2.14. The van der Waals surface area contributed by atoms with E-state index in [0.717, 1.165) is 29.0 Å². The molecule has 6 heteroatoms. The third kappa shape index (κ3) is 4.35. The van der Waals surface area contributed by atoms with Crippen molar-refractivity contribution in [1.82, 2.24) is 9.97 Å². The molecule has 3 aromatic heterocycles. The molecule has 0 saturated carbocycles. The predicted octanol–water partition coefficient (Wildman–Crippen LogP) is 4.46. The lowest BCUT2D eigenvalue weighted by atomic mass is 10.1. The molecular formula is C21H20N4OS. The maximum Gasteiger partial charge on any atom is 0.230 e. The highest BCUT2D eigenvalue weighted by atomic mass is 32.1. The highest BCUT2D eigenvalue weighted by Crippen LogP contribution is 2.18. The van der Waals surface area contributed by atoms with Gasteiger partial charge in [0.15, 0.2) is 0 Å². The molecule has 0 radical (unpaired) electrons. The van der Waals surface area contributed by atoms with Gasteiger partial charge in [-0.15, -0.1) is 11.3 Å². The van der Waals surface area contributed by atoms with Gasteiger partial charge in [-0.2, -0.15) is 0 Å². The zero-order valence-electron chi connectivity index (χ0n) is 14.7. The molecular weight excluding hydrogens is 356 g/mol. The molecule has 4 aromatic rings. The maximum absolute atomic E-state index is 12.0. The number of anilines is 2. The minimum absolute atomic E-state index is 0.0509. The number of para-hydroxylation sites is 1. The van der Waals surface area contributed by atoms with Crippen LogP contribution in [0.1, 0.15) is 10.4 Å². The van der Waals surface area contributed by atoms with E-state index in [4.69, 9.17) is 0 Å². The van der Waals surface area contributed by atoms with Gasteiger partial charge < -0.3 is 15.6 Å². The number of nitrogens with one attached hydrogen (secondary N) is 3. The first-order valence-electron chi connectivity index (χ1n) is 8.85. The van der Waals surface area contributed by atoms with Crippen molar-refractivity contribution in [2.45, 2.75) is 12.8 Å². The van der Waals surface area contributed by atoms with Gasteiger partial charge in [-0.1, -0.05) is 24.3 Å². The van der Waals surface area contributed by atoms with E-state index in [-0.39, 0.29) is 5.91 Å². The van der Waals surface area contributed by atoms with Gasteiger partial charge in [0, 0.05) is 28.5 Å². The Bertz CT molecular complexity index is 1020. The summed E-state index contributed by atoms with van der Waals surface area (Å²) in [5, 5.41) is 9.44. The van der Waals surface area contributed by atoms with Crippen molar-refractivity contribution in [1.29, 1.82) is 0 Å². The zero-order valence-corrected chi connectivity index (χ0v) is 15.6. The second-order valence-corrected chi connectivity index (χ2v) is 7.30. The Labute approximate surface area is 161 Å². The fourth-order valence-electron chi connectivity index (χ4n) is 3.01. The van der Waals surface area contributed by atoms with Crippen molar-refractivity contribution in [2.75, 3.05) is 17.2 Å². The van der Waals surface area contributed by atoms with Crippen LogP contribution in [-0.4, -0.2) is 22.4 Å². The van der Waals surface area contributed by atoms with Gasteiger partial charge in [-0.05, 0) is 41.6 Å². The van der Waals surface area contributed by atoms with Crippen molar-refractivity contribution in [3.63, 3.8) is 0 Å². The monoisotopic (exact) mass is 376 g/mol. The summed E-state index contributed by atoms with van der Waals surface area (Å²) in [6.45, 7) is 0.813. The van der Waals surface area contributed by atoms with Crippen molar-refractivity contribution in [2.24, 2.45) is 0 Å². The van der Waals surface area contributed by atoms with Crippen molar-refractivity contribution in [3.8, 4) is 0 Å². The summed E-state index contributed by atoms with van der Waals surface area (Å²) >= 11 is 1.58. The van der Waals surface area contributed by atoms with E-state index in [1.807, 2.05) is 35.7 Å². The molecule has 3 heterocycles. The summed E-state index contributed by atoms with van der Waals surface area (Å²) in [6.07, 6.45) is 5.11. The highest BCUT2D eigenvalue weighted by molar-refractivity contribution is 7.10. The Balaban J connectivity index is 1.28. The Morgan fingerprint density at radius 2 is 2.04 bits per heavy atom. The molecule has 0 saturated heterocycles. The number of thiophene rings is 1. The summed E-state index contributed by atoms with van der Waals surface area (Å²) < 4.78 is 0. The number of carbonyl (C=O) groups excluding carboxylic acids is 1. The van der Waals surface area contributed by atoms with Crippen LogP contribution in [0.25, 0.3) is 10.9 Å². The van der Waals surface area contributed by atoms with Crippen LogP contribution in [0.5, 0.6) is 0 Å². The zero-order chi connectivity index (χ0) is 18.5. The summed E-state index contributed by atoms with van der Waals surface area (Å²) in [4.78, 5) is 20.7. The number of fused-ring (bicyclic) bond motifs is 1. The number of rotatable bonds is 7. The van der Waals surface area contributed by atoms with E-state index < -0.39 is 0 Å². The van der Waals surface area contributed by atoms with Crippen LogP contribution < -0.4 is 10.6 Å². The maximum atomic E-state index is 12.0. The molecule has 136 valence electrons. The highest BCUT2D eigenvalue weighted by Gasteiger charge is 2.06. The molecule has 0 fully saturated rings. The Kier molecular flexibility index (Phi) is 5.16. The minimum Gasteiger partial charge on any atom is -0.383 e. The largest absolute Gasteiger partial charge is 0.383 e. The molecule has 3 N–H and O–H groups in total. The number of amides is 1. The SMILES string of the molecule is O=C(Cc1cccs1)Nc1ccc(NCCc2c[nH]c3ccccc23)cn1. The molecule has 0 spiro atoms. The minimum atomic E-state index is -0.0509. The second kappa shape index (κ2) is 8.05. The molecule has 1 amide bonds. The van der Waals surface area contributed by atoms with E-state index in [2.05, 4.69) is 45.0 Å². The lowest BCUT2D eigenvalue weighted by molar-refractivity contribution is -0.115. The van der Waals surface area contributed by atoms with Crippen molar-refractivity contribution in [3.05, 3.63) is 76.7 Å². The summed E-state index contributed by atoms with van der Waals surface area (Å²) in [5.41, 5.74) is 3.39. The Morgan fingerprint density at radius 1 is 1.11 bits per heavy atom. The van der Waals surface area contributed by atoms with E-state index in [9.17, 15) is 4.79 Å². The number of hydrogen-bond donors (Lipinski definition) is 3. The molecule has 0 aliphatic carbocycles. The second-order valence-electron chi connectivity index (χ2n) is 6.27. The van der Waals surface area contributed by atoms with Crippen LogP contribution in [0.2, 0.25) is 0 Å². The summed E-state index contributed by atoms with van der Waals surface area (Å²) in [6, 6.07) is 16.0. The fraction of sp³-hybridized carbons (Fsp3) is 0.143. The quantitative estimate of drug-likeness (QED) is 0.446. The van der Waals surface area contributed by atoms with Crippen molar-refractivity contribution >= 4 is 39.7 Å². The number of pyridine rings is 1. The van der Waals surface area contributed by atoms with Gasteiger partial charge in [0.1, 0.15) is 5.82 Å². The third-order valence-electron chi connectivity index (χ3n) is 4.34. The Morgan fingerprint density at radius 3 is 2.85 bits per heavy atom. The van der Waals surface area contributed by atoms with E-state index >= 15 is 0 Å². The van der Waals surface area contributed by atoms with Crippen LogP contribution in [0.3, 0.4) is 0 Å². The molecule has 4 rings (SSSR count). The number of aromatic nitrogens is 2. The summed E-state index contributed by atoms with van der Waals surface area (Å²) in [7, 11) is 0. The van der Waals surface area contributed by atoms with Crippen LogP contribution >= 0.6 is 11.3 Å². The van der Waals surface area contributed by atoms with Crippen LogP contribution in [0, 0.1) is 0 Å². The number of aromatic amines is 1. The number of benzene rings is 1. The number of H-pyrrole nitrogens is 1. The lowest BCUT2D eigenvalue weighted by Gasteiger charge is -2.07. The number of hydrogen-bond acceptors (Lipinski definition) is 4. The van der Waals surface area contributed by atoms with E-state index in [1.54, 1.807) is 17.5 Å². The molecule has 0 atom stereocenters. The first kappa shape index (κ1) is 17.3. The first-order valence-corrected chi connectivity index (χ1v) is 9.73. The predicted molar refractivity (Wildman–Crippen MR) is 111 cm³/mol. The van der Waals surface area contributed by atoms with Gasteiger partial charge in [-0.3, -0.25) is 4.79 Å². The average molecular weight is 376 g/mol. The van der Waals surface area contributed by atoms with Crippen LogP contribution in [0.4, 0.5) is 11.5 Å². The average Bonchev–Trinajstić information content (AvgIpc) is 3.33. The molecule has 0 aliphatic rings. The van der Waals surface area contributed by atoms with Gasteiger partial charge in [0.2, 0.25) is 5.91 Å². The smallest absolute Gasteiger partial charge is 0.230 e. The fourth-order valence-corrected chi connectivity index (χ4v) is 3.71. The first-order chi connectivity index (χ1) is 13.3. The molecule has 0 bridgehead atoms. The van der Waals surface area contributed by atoms with Gasteiger partial charge in [0.05, 0.1) is 18.3 Å². The topological polar surface area (TPSA) is 69.8 Å². The van der Waals surface area contributed by atoms with Gasteiger partial charge in [-0.25, -0.2) is 4.98 Å². The van der Waals surface area contributed by atoms with E-state index in [1.165, 1.54) is 10.9 Å². The normalized spacial score (nSPS) is 10.8. The number of nitrogens with zero attached hydrogens (tertiary/aromatic N) is 1. The standard InChI is InChI=1S/C21H20N4OS/c26-21(12-17-4-3-11-27-17)25-20-8-7-16(14-24-20)22-10-9-15-13-23-19-6-2-1-5-18(15)19/h1-8,11,13-14,22-23H,9-10,12H2,(H,24,25,26). The Hall–Kier alpha value is -3.12. The van der Waals surface area contributed by atoms with E-state index in [0.29, 0.717) is 12.2 Å². The number of carbonyl (C=O) groups is 1.